The molecule has 0 radical (unpaired) electrons. The fourth-order valence-electron chi connectivity index (χ4n) is 2.62. The Labute approximate surface area is 119 Å². The minimum Gasteiger partial charge on any atom is -0.481 e. The number of carbonyl (C=O) groups is 1. The summed E-state index contributed by atoms with van der Waals surface area (Å²) in [7, 11) is 0. The SMILES string of the molecule is CC1(C)C(/C=C(/c2ccc(F)cc2)C(F)(F)F)C1C(=O)O. The normalized spacial score (nSPS) is 24.8. The molecule has 1 aliphatic carbocycles. The molecule has 1 aliphatic rings. The van der Waals surface area contributed by atoms with Gasteiger partial charge in [0.2, 0.25) is 0 Å². The van der Waals surface area contributed by atoms with Crippen LogP contribution in [0.25, 0.3) is 5.57 Å². The molecule has 1 saturated carbocycles. The summed E-state index contributed by atoms with van der Waals surface area (Å²) < 4.78 is 52.3. The standard InChI is InChI=1S/C15H14F4O2/c1-14(2)11(12(14)13(20)21)7-10(15(17,18)19)8-3-5-9(16)6-4-8/h3-7,11-12H,1-2H3,(H,20,21)/b10-7-. The van der Waals surface area contributed by atoms with Crippen molar-refractivity contribution in [3.05, 3.63) is 41.7 Å². The van der Waals surface area contributed by atoms with Gasteiger partial charge in [-0.2, -0.15) is 13.2 Å². The Morgan fingerprint density at radius 1 is 1.24 bits per heavy atom. The summed E-state index contributed by atoms with van der Waals surface area (Å²) in [6.45, 7) is 3.23. The van der Waals surface area contributed by atoms with Crippen LogP contribution in [0.2, 0.25) is 0 Å². The van der Waals surface area contributed by atoms with E-state index in [4.69, 9.17) is 5.11 Å². The molecule has 2 rings (SSSR count). The van der Waals surface area contributed by atoms with E-state index < -0.39 is 40.8 Å². The molecule has 114 valence electrons. The van der Waals surface area contributed by atoms with Crippen LogP contribution in [0.1, 0.15) is 19.4 Å². The number of carboxylic acids is 1. The Balaban J connectivity index is 2.41. The van der Waals surface area contributed by atoms with Crippen LogP contribution in [0, 0.1) is 23.1 Å². The fraction of sp³-hybridized carbons (Fsp3) is 0.400. The van der Waals surface area contributed by atoms with Crippen molar-refractivity contribution < 1.29 is 27.5 Å². The maximum absolute atomic E-state index is 13.2. The van der Waals surface area contributed by atoms with Crippen LogP contribution >= 0.6 is 0 Å². The van der Waals surface area contributed by atoms with E-state index >= 15 is 0 Å². The first kappa shape index (κ1) is 15.5. The average Bonchev–Trinajstić information content (AvgIpc) is 2.88. The molecular weight excluding hydrogens is 288 g/mol. The maximum atomic E-state index is 13.2. The zero-order valence-electron chi connectivity index (χ0n) is 11.4. The number of allylic oxidation sites excluding steroid dienone is 2. The third-order valence-corrected chi connectivity index (χ3v) is 3.98. The smallest absolute Gasteiger partial charge is 0.416 e. The molecule has 0 aromatic heterocycles. The second-order valence-corrected chi connectivity index (χ2v) is 5.75. The van der Waals surface area contributed by atoms with Crippen molar-refractivity contribution in [1.82, 2.24) is 0 Å². The van der Waals surface area contributed by atoms with Gasteiger partial charge in [-0.15, -0.1) is 0 Å². The van der Waals surface area contributed by atoms with Crippen molar-refractivity contribution in [1.29, 1.82) is 0 Å². The number of benzene rings is 1. The Hall–Kier alpha value is -1.85. The highest BCUT2D eigenvalue weighted by Crippen LogP contribution is 2.60. The average molecular weight is 302 g/mol. The highest BCUT2D eigenvalue weighted by molar-refractivity contribution is 5.78. The van der Waals surface area contributed by atoms with Crippen LogP contribution in [0.15, 0.2) is 30.3 Å². The van der Waals surface area contributed by atoms with Crippen molar-refractivity contribution in [2.75, 3.05) is 0 Å². The molecule has 0 bridgehead atoms. The van der Waals surface area contributed by atoms with Crippen LogP contribution in [-0.4, -0.2) is 17.3 Å². The van der Waals surface area contributed by atoms with Gasteiger partial charge >= 0.3 is 12.1 Å². The lowest BCUT2D eigenvalue weighted by Gasteiger charge is -2.12. The van der Waals surface area contributed by atoms with E-state index in [-0.39, 0.29) is 5.56 Å². The lowest BCUT2D eigenvalue weighted by molar-refractivity contribution is -0.139. The lowest BCUT2D eigenvalue weighted by atomic mass is 10.0. The molecule has 1 aromatic rings. The maximum Gasteiger partial charge on any atom is 0.416 e. The number of aliphatic carboxylic acids is 1. The summed E-state index contributed by atoms with van der Waals surface area (Å²) in [4.78, 5) is 11.0. The van der Waals surface area contributed by atoms with Gasteiger partial charge in [0.15, 0.2) is 0 Å². The first-order valence-electron chi connectivity index (χ1n) is 6.33. The number of hydrogen-bond acceptors (Lipinski definition) is 1. The summed E-state index contributed by atoms with van der Waals surface area (Å²) in [5.74, 6) is -3.27. The number of rotatable bonds is 3. The third kappa shape index (κ3) is 2.94. The van der Waals surface area contributed by atoms with Crippen molar-refractivity contribution in [2.45, 2.75) is 20.0 Å². The lowest BCUT2D eigenvalue weighted by Crippen LogP contribution is -2.11. The second kappa shape index (κ2) is 4.86. The second-order valence-electron chi connectivity index (χ2n) is 5.75. The van der Waals surface area contributed by atoms with Crippen molar-refractivity contribution >= 4 is 11.5 Å². The first-order chi connectivity index (χ1) is 9.55. The number of halogens is 4. The van der Waals surface area contributed by atoms with Crippen LogP contribution in [0.5, 0.6) is 0 Å². The van der Waals surface area contributed by atoms with Crippen LogP contribution < -0.4 is 0 Å². The van der Waals surface area contributed by atoms with Gasteiger partial charge in [0.05, 0.1) is 11.5 Å². The quantitative estimate of drug-likeness (QED) is 0.852. The fourth-order valence-corrected chi connectivity index (χ4v) is 2.62. The third-order valence-electron chi connectivity index (χ3n) is 3.98. The largest absolute Gasteiger partial charge is 0.481 e. The van der Waals surface area contributed by atoms with E-state index in [1.165, 1.54) is 0 Å². The van der Waals surface area contributed by atoms with Crippen molar-refractivity contribution in [3.63, 3.8) is 0 Å². The molecule has 21 heavy (non-hydrogen) atoms. The number of carboxylic acid groups (broad SMARTS) is 1. The molecule has 1 aromatic carbocycles. The van der Waals surface area contributed by atoms with E-state index in [1.807, 2.05) is 0 Å². The summed E-state index contributed by atoms with van der Waals surface area (Å²) in [5.41, 5.74) is -1.82. The highest BCUT2D eigenvalue weighted by Gasteiger charge is 2.61. The Morgan fingerprint density at radius 3 is 2.14 bits per heavy atom. The Kier molecular flexibility index (Phi) is 3.59. The number of alkyl halides is 3. The van der Waals surface area contributed by atoms with Gasteiger partial charge in [-0.05, 0) is 29.0 Å². The van der Waals surface area contributed by atoms with Gasteiger partial charge in [0, 0.05) is 0 Å². The predicted molar refractivity (Wildman–Crippen MR) is 68.8 cm³/mol. The molecule has 2 nitrogen and oxygen atoms in total. The molecule has 0 spiro atoms. The van der Waals surface area contributed by atoms with Crippen LogP contribution in [0.3, 0.4) is 0 Å². The van der Waals surface area contributed by atoms with Crippen LogP contribution in [-0.2, 0) is 4.79 Å². The number of hydrogen-bond donors (Lipinski definition) is 1. The van der Waals surface area contributed by atoms with E-state index in [0.717, 1.165) is 30.3 Å². The van der Waals surface area contributed by atoms with Gasteiger partial charge in [-0.3, -0.25) is 4.79 Å². The van der Waals surface area contributed by atoms with Crippen molar-refractivity contribution in [2.24, 2.45) is 17.3 Å². The summed E-state index contributed by atoms with van der Waals surface area (Å²) in [5, 5.41) is 9.02. The van der Waals surface area contributed by atoms with Gasteiger partial charge in [0.1, 0.15) is 5.82 Å². The first-order valence-corrected chi connectivity index (χ1v) is 6.33. The van der Waals surface area contributed by atoms with Crippen molar-refractivity contribution in [3.8, 4) is 0 Å². The summed E-state index contributed by atoms with van der Waals surface area (Å²) in [6.07, 6.45) is -3.68. The molecule has 0 saturated heterocycles. The zero-order chi connectivity index (χ0) is 16.0. The van der Waals surface area contributed by atoms with E-state index in [2.05, 4.69) is 0 Å². The van der Waals surface area contributed by atoms with Gasteiger partial charge in [-0.1, -0.05) is 32.1 Å². The molecule has 1 N–H and O–H groups in total. The Morgan fingerprint density at radius 2 is 1.76 bits per heavy atom. The van der Waals surface area contributed by atoms with E-state index in [0.29, 0.717) is 0 Å². The zero-order valence-corrected chi connectivity index (χ0v) is 11.4. The van der Waals surface area contributed by atoms with Gasteiger partial charge in [-0.25, -0.2) is 4.39 Å². The highest BCUT2D eigenvalue weighted by atomic mass is 19.4. The Bertz CT molecular complexity index is 585. The molecule has 2 atom stereocenters. The predicted octanol–water partition coefficient (Wildman–Crippen LogP) is 4.13. The van der Waals surface area contributed by atoms with E-state index in [9.17, 15) is 22.4 Å². The van der Waals surface area contributed by atoms with Gasteiger partial charge < -0.3 is 5.11 Å². The molecule has 6 heteroatoms. The monoisotopic (exact) mass is 302 g/mol. The molecular formula is C15H14F4O2. The summed E-state index contributed by atoms with van der Waals surface area (Å²) in [6, 6.07) is 3.98. The molecule has 1 fully saturated rings. The van der Waals surface area contributed by atoms with Gasteiger partial charge in [0.25, 0.3) is 0 Å². The molecule has 2 unspecified atom stereocenters. The molecule has 0 amide bonds. The molecule has 0 heterocycles. The minimum atomic E-state index is -4.63. The van der Waals surface area contributed by atoms with E-state index in [1.54, 1.807) is 13.8 Å². The van der Waals surface area contributed by atoms with Crippen LogP contribution in [0.4, 0.5) is 17.6 Å². The molecule has 0 aliphatic heterocycles. The summed E-state index contributed by atoms with van der Waals surface area (Å²) >= 11 is 0. The topological polar surface area (TPSA) is 37.3 Å². The minimum absolute atomic E-state index is 0.171.